The van der Waals surface area contributed by atoms with Gasteiger partial charge in [-0.2, -0.15) is 0 Å². The van der Waals surface area contributed by atoms with Crippen molar-refractivity contribution in [1.82, 2.24) is 0 Å². The highest BCUT2D eigenvalue weighted by Gasteiger charge is 2.53. The Labute approximate surface area is 162 Å². The van der Waals surface area contributed by atoms with Gasteiger partial charge in [-0.3, -0.25) is 0 Å². The quantitative estimate of drug-likeness (QED) is 0.388. The third-order valence-corrected chi connectivity index (χ3v) is 6.86. The van der Waals surface area contributed by atoms with Gasteiger partial charge in [-0.05, 0) is 57.9 Å². The van der Waals surface area contributed by atoms with Crippen LogP contribution in [0.4, 0.5) is 0 Å². The van der Waals surface area contributed by atoms with Crippen LogP contribution in [-0.2, 0) is 5.41 Å². The average Bonchev–Trinajstić information content (AvgIpc) is 3.16. The summed E-state index contributed by atoms with van der Waals surface area (Å²) in [5.41, 5.74) is 11.1. The van der Waals surface area contributed by atoms with E-state index in [0.717, 1.165) is 12.8 Å². The predicted molar refractivity (Wildman–Crippen MR) is 111 cm³/mol. The fourth-order valence-electron chi connectivity index (χ4n) is 5.34. The molecule has 0 nitrogen and oxygen atoms in total. The monoisotopic (exact) mass is 396 g/mol. The van der Waals surface area contributed by atoms with E-state index in [1.807, 2.05) is 0 Å². The molecule has 6 rings (SSSR count). The van der Waals surface area contributed by atoms with Gasteiger partial charge in [0, 0.05) is 10.0 Å². The molecule has 0 fully saturated rings. The molecule has 0 bridgehead atoms. The molecule has 1 spiro atoms. The molecule has 3 aromatic carbocycles. The summed E-state index contributed by atoms with van der Waals surface area (Å²) < 4.78 is 1.19. The van der Waals surface area contributed by atoms with Crippen molar-refractivity contribution in [2.75, 3.05) is 0 Å². The van der Waals surface area contributed by atoms with E-state index in [9.17, 15) is 0 Å². The second kappa shape index (κ2) is 5.08. The molecule has 3 aliphatic rings. The summed E-state index contributed by atoms with van der Waals surface area (Å²) in [7, 11) is 0. The van der Waals surface area contributed by atoms with E-state index in [0.29, 0.717) is 0 Å². The number of fused-ring (bicyclic) bond motifs is 10. The fraction of sp³-hybridized carbons (Fsp3) is 0.120. The van der Waals surface area contributed by atoms with E-state index in [1.54, 1.807) is 0 Å². The normalized spacial score (nSPS) is 21.6. The molecule has 1 unspecified atom stereocenters. The summed E-state index contributed by atoms with van der Waals surface area (Å²) in [6.07, 6.45) is 7.19. The summed E-state index contributed by atoms with van der Waals surface area (Å²) in [5.74, 6) is 0. The second-order valence-electron chi connectivity index (χ2n) is 7.32. The molecule has 0 saturated heterocycles. The average molecular weight is 397 g/mol. The lowest BCUT2D eigenvalue weighted by atomic mass is 9.69. The van der Waals surface area contributed by atoms with Crippen LogP contribution in [0.25, 0.3) is 16.7 Å². The van der Waals surface area contributed by atoms with Gasteiger partial charge in [0.25, 0.3) is 0 Å². The van der Waals surface area contributed by atoms with Crippen LogP contribution in [0.1, 0.15) is 35.1 Å². The first-order valence-corrected chi connectivity index (χ1v) is 10.0. The van der Waals surface area contributed by atoms with E-state index >= 15 is 0 Å². The maximum absolute atomic E-state index is 3.84. The fourth-order valence-corrected chi connectivity index (χ4v) is 5.92. The van der Waals surface area contributed by atoms with Crippen molar-refractivity contribution in [3.63, 3.8) is 0 Å². The smallest absolute Gasteiger partial charge is 0.0722 e. The first kappa shape index (κ1) is 14.8. The minimum Gasteiger partial charge on any atom is -0.0788 e. The molecule has 26 heavy (non-hydrogen) atoms. The van der Waals surface area contributed by atoms with Crippen molar-refractivity contribution in [2.24, 2.45) is 0 Å². The molecule has 3 aliphatic carbocycles. The van der Waals surface area contributed by atoms with Gasteiger partial charge in [-0.1, -0.05) is 88.7 Å². The number of benzene rings is 3. The Morgan fingerprint density at radius 2 is 1.31 bits per heavy atom. The van der Waals surface area contributed by atoms with E-state index in [4.69, 9.17) is 0 Å². The number of rotatable bonds is 0. The van der Waals surface area contributed by atoms with Crippen LogP contribution in [0, 0.1) is 0 Å². The molecule has 0 saturated carbocycles. The molecule has 0 amide bonds. The molecule has 124 valence electrons. The van der Waals surface area contributed by atoms with Crippen molar-refractivity contribution in [1.29, 1.82) is 0 Å². The van der Waals surface area contributed by atoms with Gasteiger partial charge >= 0.3 is 0 Å². The first-order valence-electron chi connectivity index (χ1n) is 9.23. The molecule has 0 heterocycles. The Balaban J connectivity index is 1.86. The Kier molecular flexibility index (Phi) is 2.88. The summed E-state index contributed by atoms with van der Waals surface area (Å²) in [6.45, 7) is 0. The highest BCUT2D eigenvalue weighted by molar-refractivity contribution is 9.10. The zero-order chi connectivity index (χ0) is 17.3. The summed E-state index contributed by atoms with van der Waals surface area (Å²) >= 11 is 3.84. The van der Waals surface area contributed by atoms with Crippen LogP contribution in [-0.4, -0.2) is 0 Å². The maximum atomic E-state index is 3.84. The Morgan fingerprint density at radius 3 is 2.15 bits per heavy atom. The molecular formula is C25H17Br. The summed E-state index contributed by atoms with van der Waals surface area (Å²) in [6, 6.07) is 24.6. The van der Waals surface area contributed by atoms with Gasteiger partial charge in [-0.15, -0.1) is 0 Å². The number of allylic oxidation sites excluding steroid dienone is 4. The number of hydrogen-bond acceptors (Lipinski definition) is 0. The zero-order valence-electron chi connectivity index (χ0n) is 14.3. The van der Waals surface area contributed by atoms with Crippen LogP contribution in [0.3, 0.4) is 0 Å². The Morgan fingerprint density at radius 1 is 0.654 bits per heavy atom. The van der Waals surface area contributed by atoms with Crippen molar-refractivity contribution in [3.8, 4) is 11.1 Å². The molecule has 0 radical (unpaired) electrons. The molecule has 1 heteroatoms. The molecule has 0 aromatic heterocycles. The maximum Gasteiger partial charge on any atom is 0.0722 e. The van der Waals surface area contributed by atoms with E-state index in [1.165, 1.54) is 49.0 Å². The molecule has 0 N–H and O–H groups in total. The molecule has 0 aliphatic heterocycles. The van der Waals surface area contributed by atoms with Gasteiger partial charge in [0.1, 0.15) is 0 Å². The number of hydrogen-bond donors (Lipinski definition) is 0. The van der Waals surface area contributed by atoms with Crippen LogP contribution >= 0.6 is 15.9 Å². The van der Waals surface area contributed by atoms with Crippen molar-refractivity contribution < 1.29 is 0 Å². The van der Waals surface area contributed by atoms with Crippen molar-refractivity contribution >= 4 is 21.5 Å². The molecular weight excluding hydrogens is 380 g/mol. The lowest BCUT2D eigenvalue weighted by Gasteiger charge is -2.31. The van der Waals surface area contributed by atoms with Crippen LogP contribution in [0.15, 0.2) is 88.9 Å². The van der Waals surface area contributed by atoms with Crippen LogP contribution in [0.5, 0.6) is 0 Å². The topological polar surface area (TPSA) is 0 Å². The van der Waals surface area contributed by atoms with Gasteiger partial charge < -0.3 is 0 Å². The largest absolute Gasteiger partial charge is 0.0788 e. The van der Waals surface area contributed by atoms with Gasteiger partial charge in [0.05, 0.1) is 5.41 Å². The van der Waals surface area contributed by atoms with E-state index in [2.05, 4.69) is 94.8 Å². The van der Waals surface area contributed by atoms with Crippen molar-refractivity contribution in [2.45, 2.75) is 18.3 Å². The van der Waals surface area contributed by atoms with Crippen LogP contribution < -0.4 is 0 Å². The lowest BCUT2D eigenvalue weighted by Crippen LogP contribution is -2.26. The SMILES string of the molecule is Brc1cccc2c1-c1ccccc1C21C2=CCCC=C2c2ccccc21. The first-order chi connectivity index (χ1) is 12.8. The lowest BCUT2D eigenvalue weighted by molar-refractivity contribution is 0.782. The highest BCUT2D eigenvalue weighted by atomic mass is 79.9. The van der Waals surface area contributed by atoms with Crippen molar-refractivity contribution in [3.05, 3.63) is 111 Å². The minimum absolute atomic E-state index is 0.168. The Bertz CT molecular complexity index is 1150. The summed E-state index contributed by atoms with van der Waals surface area (Å²) in [4.78, 5) is 0. The molecule has 1 atom stereocenters. The summed E-state index contributed by atoms with van der Waals surface area (Å²) in [5, 5.41) is 0. The minimum atomic E-state index is -0.168. The predicted octanol–water partition coefficient (Wildman–Crippen LogP) is 6.88. The zero-order valence-corrected chi connectivity index (χ0v) is 15.9. The van der Waals surface area contributed by atoms with Gasteiger partial charge in [0.15, 0.2) is 0 Å². The van der Waals surface area contributed by atoms with E-state index in [-0.39, 0.29) is 5.41 Å². The number of halogens is 1. The third-order valence-electron chi connectivity index (χ3n) is 6.20. The standard InChI is InChI=1S/C25H17Br/c26-23-15-7-14-22-24(23)18-10-3-6-13-21(18)25(22)19-11-4-1-8-16(19)17-9-2-5-12-20(17)25/h1,3-4,6-15H,2,5H2. The Hall–Kier alpha value is -2.38. The second-order valence-corrected chi connectivity index (χ2v) is 8.17. The van der Waals surface area contributed by atoms with Gasteiger partial charge in [0.2, 0.25) is 0 Å². The van der Waals surface area contributed by atoms with E-state index < -0.39 is 0 Å². The van der Waals surface area contributed by atoms with Crippen LogP contribution in [0.2, 0.25) is 0 Å². The highest BCUT2D eigenvalue weighted by Crippen LogP contribution is 2.65. The molecule has 3 aromatic rings. The van der Waals surface area contributed by atoms with Gasteiger partial charge in [-0.25, -0.2) is 0 Å². The third kappa shape index (κ3) is 1.57.